The van der Waals surface area contributed by atoms with Gasteiger partial charge in [-0.05, 0) is 44.0 Å². The quantitative estimate of drug-likeness (QED) is 0.813. The molecule has 0 fully saturated rings. The zero-order valence-electron chi connectivity index (χ0n) is 15.8. The van der Waals surface area contributed by atoms with Crippen LogP contribution in [0.15, 0.2) is 48.5 Å². The van der Waals surface area contributed by atoms with Crippen molar-refractivity contribution < 1.29 is 9.59 Å². The summed E-state index contributed by atoms with van der Waals surface area (Å²) < 4.78 is 0. The third-order valence-electron chi connectivity index (χ3n) is 4.43. The van der Waals surface area contributed by atoms with Crippen LogP contribution in [0.1, 0.15) is 31.9 Å². The number of carbonyl (C=O) groups is 2. The van der Waals surface area contributed by atoms with E-state index in [1.165, 1.54) is 0 Å². The van der Waals surface area contributed by atoms with Gasteiger partial charge in [0.1, 0.15) is 6.04 Å². The molecule has 5 nitrogen and oxygen atoms in total. The fraction of sp³-hybridized carbons (Fsp3) is 0.333. The van der Waals surface area contributed by atoms with Crippen LogP contribution in [0.25, 0.3) is 0 Å². The van der Waals surface area contributed by atoms with Gasteiger partial charge in [-0.1, -0.05) is 48.0 Å². The third kappa shape index (κ3) is 4.61. The van der Waals surface area contributed by atoms with Crippen LogP contribution in [-0.2, 0) is 17.8 Å². The average molecular weight is 386 g/mol. The summed E-state index contributed by atoms with van der Waals surface area (Å²) in [5, 5.41) is 6.28. The molecular formula is C21H24ClN3O2. The van der Waals surface area contributed by atoms with Gasteiger partial charge >= 0.3 is 6.03 Å². The molecule has 27 heavy (non-hydrogen) atoms. The number of benzene rings is 2. The summed E-state index contributed by atoms with van der Waals surface area (Å²) in [4.78, 5) is 27.5. The summed E-state index contributed by atoms with van der Waals surface area (Å²) >= 11 is 6.16. The molecule has 3 rings (SSSR count). The Hall–Kier alpha value is -2.53. The Morgan fingerprint density at radius 3 is 2.33 bits per heavy atom. The number of nitrogens with one attached hydrogen (secondary N) is 2. The van der Waals surface area contributed by atoms with E-state index in [0.29, 0.717) is 23.7 Å². The number of para-hydroxylation sites is 1. The number of carbonyl (C=O) groups excluding carboxylic acids is 2. The van der Waals surface area contributed by atoms with E-state index in [-0.39, 0.29) is 17.5 Å². The lowest BCUT2D eigenvalue weighted by Gasteiger charge is -2.37. The van der Waals surface area contributed by atoms with Gasteiger partial charge in [-0.3, -0.25) is 4.79 Å². The van der Waals surface area contributed by atoms with Crippen LogP contribution >= 0.6 is 11.6 Å². The van der Waals surface area contributed by atoms with Crippen LogP contribution in [0.4, 0.5) is 10.5 Å². The van der Waals surface area contributed by atoms with Crippen molar-refractivity contribution in [3.8, 4) is 0 Å². The maximum atomic E-state index is 13.0. The van der Waals surface area contributed by atoms with Crippen molar-refractivity contribution in [2.45, 2.75) is 45.3 Å². The number of hydrogen-bond donors (Lipinski definition) is 2. The topological polar surface area (TPSA) is 61.4 Å². The van der Waals surface area contributed by atoms with Crippen molar-refractivity contribution in [3.05, 3.63) is 64.7 Å². The summed E-state index contributed by atoms with van der Waals surface area (Å²) in [5.41, 5.74) is 2.29. The molecule has 3 amide bonds. The molecule has 0 unspecified atom stereocenters. The summed E-state index contributed by atoms with van der Waals surface area (Å²) in [6, 6.07) is 14.0. The van der Waals surface area contributed by atoms with Gasteiger partial charge in [0.2, 0.25) is 5.91 Å². The number of fused-ring (bicyclic) bond motifs is 1. The summed E-state index contributed by atoms with van der Waals surface area (Å²) in [5.74, 6) is -0.161. The second-order valence-electron chi connectivity index (χ2n) is 7.77. The van der Waals surface area contributed by atoms with E-state index in [0.717, 1.165) is 11.1 Å². The van der Waals surface area contributed by atoms with Gasteiger partial charge in [0.25, 0.3) is 0 Å². The van der Waals surface area contributed by atoms with Crippen molar-refractivity contribution >= 4 is 29.2 Å². The second kappa shape index (κ2) is 7.61. The first-order valence-corrected chi connectivity index (χ1v) is 9.33. The largest absolute Gasteiger partial charge is 0.350 e. The van der Waals surface area contributed by atoms with Crippen LogP contribution in [-0.4, -0.2) is 28.4 Å². The van der Waals surface area contributed by atoms with Crippen LogP contribution in [0, 0.1) is 0 Å². The lowest BCUT2D eigenvalue weighted by Crippen LogP contribution is -2.56. The van der Waals surface area contributed by atoms with Crippen molar-refractivity contribution in [3.63, 3.8) is 0 Å². The van der Waals surface area contributed by atoms with Crippen molar-refractivity contribution in [2.24, 2.45) is 0 Å². The van der Waals surface area contributed by atoms with Gasteiger partial charge in [0.15, 0.2) is 0 Å². The molecule has 1 atom stereocenters. The van der Waals surface area contributed by atoms with Gasteiger partial charge in [-0.15, -0.1) is 0 Å². The molecule has 1 heterocycles. The maximum Gasteiger partial charge on any atom is 0.322 e. The molecule has 0 aliphatic carbocycles. The monoisotopic (exact) mass is 385 g/mol. The lowest BCUT2D eigenvalue weighted by molar-refractivity contribution is -0.127. The molecule has 1 aliphatic heterocycles. The minimum Gasteiger partial charge on any atom is -0.350 e. The van der Waals surface area contributed by atoms with Gasteiger partial charge < -0.3 is 15.5 Å². The van der Waals surface area contributed by atoms with Crippen LogP contribution in [0.5, 0.6) is 0 Å². The highest BCUT2D eigenvalue weighted by Crippen LogP contribution is 2.26. The molecule has 0 radical (unpaired) electrons. The van der Waals surface area contributed by atoms with Crippen LogP contribution in [0.3, 0.4) is 0 Å². The maximum absolute atomic E-state index is 13.0. The Morgan fingerprint density at radius 1 is 1.04 bits per heavy atom. The SMILES string of the molecule is CC(C)(C)NC(=O)[C@@H]1Cc2ccccc2CN1C(=O)Nc1ccccc1Cl. The van der Waals surface area contributed by atoms with Crippen molar-refractivity contribution in [1.82, 2.24) is 10.2 Å². The smallest absolute Gasteiger partial charge is 0.322 e. The Balaban J connectivity index is 1.88. The van der Waals surface area contributed by atoms with E-state index in [2.05, 4.69) is 10.6 Å². The molecule has 0 saturated heterocycles. The second-order valence-corrected chi connectivity index (χ2v) is 8.17. The lowest BCUT2D eigenvalue weighted by atomic mass is 9.93. The van der Waals surface area contributed by atoms with Gasteiger partial charge in [0, 0.05) is 18.5 Å². The highest BCUT2D eigenvalue weighted by Gasteiger charge is 2.36. The van der Waals surface area contributed by atoms with E-state index in [9.17, 15) is 9.59 Å². The first-order valence-electron chi connectivity index (χ1n) is 8.95. The fourth-order valence-electron chi connectivity index (χ4n) is 3.17. The summed E-state index contributed by atoms with van der Waals surface area (Å²) in [6.45, 7) is 6.15. The Morgan fingerprint density at radius 2 is 1.67 bits per heavy atom. The van der Waals surface area contributed by atoms with E-state index in [1.807, 2.05) is 45.0 Å². The number of rotatable bonds is 2. The normalized spacial score (nSPS) is 16.4. The number of anilines is 1. The summed E-state index contributed by atoms with van der Waals surface area (Å²) in [6.07, 6.45) is 0.480. The first-order chi connectivity index (χ1) is 12.7. The molecule has 0 aromatic heterocycles. The van der Waals surface area contributed by atoms with Crippen molar-refractivity contribution in [2.75, 3.05) is 5.32 Å². The molecule has 0 bridgehead atoms. The van der Waals surface area contributed by atoms with E-state index >= 15 is 0 Å². The highest BCUT2D eigenvalue weighted by atomic mass is 35.5. The Labute approximate surface area is 164 Å². The number of halogens is 1. The summed E-state index contributed by atoms with van der Waals surface area (Å²) in [7, 11) is 0. The van der Waals surface area contributed by atoms with Gasteiger partial charge in [-0.2, -0.15) is 0 Å². The first kappa shape index (κ1) is 19.2. The fourth-order valence-corrected chi connectivity index (χ4v) is 3.36. The highest BCUT2D eigenvalue weighted by molar-refractivity contribution is 6.33. The van der Waals surface area contributed by atoms with Crippen LogP contribution < -0.4 is 10.6 Å². The number of urea groups is 1. The zero-order chi connectivity index (χ0) is 19.6. The minimum absolute atomic E-state index is 0.161. The molecule has 2 aromatic rings. The predicted molar refractivity (Wildman–Crippen MR) is 108 cm³/mol. The minimum atomic E-state index is -0.582. The molecule has 0 spiro atoms. The van der Waals surface area contributed by atoms with Gasteiger partial charge in [0.05, 0.1) is 10.7 Å². The molecule has 2 N–H and O–H groups in total. The van der Waals surface area contributed by atoms with Gasteiger partial charge in [-0.25, -0.2) is 4.79 Å². The molecule has 142 valence electrons. The molecular weight excluding hydrogens is 362 g/mol. The standard InChI is InChI=1S/C21H24ClN3O2/c1-21(2,3)24-19(26)18-12-14-8-4-5-9-15(14)13-25(18)20(27)23-17-11-7-6-10-16(17)22/h4-11,18H,12-13H2,1-3H3,(H,23,27)(H,24,26)/t18-/m0/s1. The van der Waals surface area contributed by atoms with Crippen molar-refractivity contribution in [1.29, 1.82) is 0 Å². The molecule has 6 heteroatoms. The predicted octanol–water partition coefficient (Wildman–Crippen LogP) is 4.21. The number of nitrogens with zero attached hydrogens (tertiary/aromatic N) is 1. The van der Waals surface area contributed by atoms with E-state index < -0.39 is 6.04 Å². The number of hydrogen-bond acceptors (Lipinski definition) is 2. The molecule has 1 aliphatic rings. The average Bonchev–Trinajstić information content (AvgIpc) is 2.61. The van der Waals surface area contributed by atoms with Crippen LogP contribution in [0.2, 0.25) is 5.02 Å². The molecule has 0 saturated carbocycles. The van der Waals surface area contributed by atoms with E-state index in [4.69, 9.17) is 11.6 Å². The Bertz CT molecular complexity index is 861. The Kier molecular flexibility index (Phi) is 5.42. The number of amides is 3. The third-order valence-corrected chi connectivity index (χ3v) is 4.76. The molecule has 2 aromatic carbocycles. The zero-order valence-corrected chi connectivity index (χ0v) is 16.5. The van der Waals surface area contributed by atoms with E-state index in [1.54, 1.807) is 29.2 Å².